The van der Waals surface area contributed by atoms with E-state index in [9.17, 15) is 0 Å². The van der Waals surface area contributed by atoms with Gasteiger partial charge in [0.15, 0.2) is 0 Å². The van der Waals surface area contributed by atoms with Crippen LogP contribution in [0.3, 0.4) is 0 Å². The zero-order valence-electron chi connectivity index (χ0n) is 8.54. The van der Waals surface area contributed by atoms with Gasteiger partial charge in [0, 0.05) is 17.6 Å². The van der Waals surface area contributed by atoms with Crippen LogP contribution < -0.4 is 5.32 Å². The van der Waals surface area contributed by atoms with E-state index in [1.807, 2.05) is 6.20 Å². The van der Waals surface area contributed by atoms with Crippen molar-refractivity contribution in [2.45, 2.75) is 44.6 Å². The van der Waals surface area contributed by atoms with Crippen LogP contribution in [0.2, 0.25) is 0 Å². The largest absolute Gasteiger partial charge is 0.314 e. The lowest BCUT2D eigenvalue weighted by Gasteiger charge is -2.26. The monoisotopic (exact) mass is 210 g/mol. The average Bonchev–Trinajstić information content (AvgIpc) is 2.60. The van der Waals surface area contributed by atoms with Crippen molar-refractivity contribution in [3.63, 3.8) is 0 Å². The molecule has 1 saturated carbocycles. The Morgan fingerprint density at radius 1 is 1.43 bits per heavy atom. The Morgan fingerprint density at radius 2 is 2.36 bits per heavy atom. The second kappa shape index (κ2) is 5.47. The average molecular weight is 210 g/mol. The van der Waals surface area contributed by atoms with E-state index in [1.54, 1.807) is 11.3 Å². The standard InChI is InChI=1S/C11H18N2S/c1(6-11-13-8-9-14-11)2-7-12-10-4-3-5-10/h8-10,12H,1-7H2. The van der Waals surface area contributed by atoms with Crippen molar-refractivity contribution in [1.29, 1.82) is 0 Å². The molecular weight excluding hydrogens is 192 g/mol. The molecule has 0 unspecified atom stereocenters. The van der Waals surface area contributed by atoms with E-state index < -0.39 is 0 Å². The Hall–Kier alpha value is -0.410. The lowest BCUT2D eigenvalue weighted by molar-refractivity contribution is 0.338. The van der Waals surface area contributed by atoms with Crippen LogP contribution in [0.1, 0.15) is 37.1 Å². The predicted molar refractivity (Wildman–Crippen MR) is 60.7 cm³/mol. The predicted octanol–water partition coefficient (Wildman–Crippen LogP) is 2.61. The molecule has 3 heteroatoms. The van der Waals surface area contributed by atoms with Crippen molar-refractivity contribution in [2.24, 2.45) is 0 Å². The molecule has 14 heavy (non-hydrogen) atoms. The molecule has 1 aromatic heterocycles. The van der Waals surface area contributed by atoms with Gasteiger partial charge in [-0.25, -0.2) is 4.98 Å². The summed E-state index contributed by atoms with van der Waals surface area (Å²) in [6.07, 6.45) is 9.83. The SMILES string of the molecule is c1csc(CCCCNC2CCC2)n1. The fraction of sp³-hybridized carbons (Fsp3) is 0.727. The fourth-order valence-electron chi connectivity index (χ4n) is 1.70. The molecule has 1 aromatic rings. The third-order valence-corrected chi connectivity index (χ3v) is 3.68. The first-order valence-electron chi connectivity index (χ1n) is 5.57. The summed E-state index contributed by atoms with van der Waals surface area (Å²) < 4.78 is 0. The Kier molecular flexibility index (Phi) is 3.95. The van der Waals surface area contributed by atoms with Crippen molar-refractivity contribution in [3.8, 4) is 0 Å². The van der Waals surface area contributed by atoms with Gasteiger partial charge in [-0.3, -0.25) is 0 Å². The highest BCUT2D eigenvalue weighted by molar-refractivity contribution is 7.09. The molecule has 1 aliphatic rings. The molecule has 0 saturated heterocycles. The van der Waals surface area contributed by atoms with Gasteiger partial charge in [0.05, 0.1) is 5.01 Å². The van der Waals surface area contributed by atoms with Gasteiger partial charge >= 0.3 is 0 Å². The summed E-state index contributed by atoms with van der Waals surface area (Å²) in [5, 5.41) is 6.93. The Labute approximate surface area is 89.8 Å². The number of unbranched alkanes of at least 4 members (excludes halogenated alkanes) is 1. The molecule has 1 heterocycles. The van der Waals surface area contributed by atoms with Crippen LogP contribution in [-0.2, 0) is 6.42 Å². The normalized spacial score (nSPS) is 16.9. The second-order valence-electron chi connectivity index (χ2n) is 3.96. The number of nitrogens with one attached hydrogen (secondary N) is 1. The summed E-state index contributed by atoms with van der Waals surface area (Å²) in [6.45, 7) is 1.19. The Balaban J connectivity index is 1.47. The summed E-state index contributed by atoms with van der Waals surface area (Å²) in [4.78, 5) is 4.27. The third-order valence-electron chi connectivity index (χ3n) is 2.84. The number of thiazole rings is 1. The summed E-state index contributed by atoms with van der Waals surface area (Å²) in [6, 6.07) is 0.842. The molecule has 2 nitrogen and oxygen atoms in total. The van der Waals surface area contributed by atoms with E-state index in [2.05, 4.69) is 15.7 Å². The maximum atomic E-state index is 4.27. The number of aromatic nitrogens is 1. The zero-order chi connectivity index (χ0) is 9.64. The van der Waals surface area contributed by atoms with E-state index in [-0.39, 0.29) is 0 Å². The van der Waals surface area contributed by atoms with E-state index in [4.69, 9.17) is 0 Å². The molecule has 1 fully saturated rings. The number of hydrogen-bond acceptors (Lipinski definition) is 3. The molecule has 0 aliphatic heterocycles. The highest BCUT2D eigenvalue weighted by atomic mass is 32.1. The Bertz CT molecular complexity index is 242. The smallest absolute Gasteiger partial charge is 0.0924 e. The van der Waals surface area contributed by atoms with Crippen molar-refractivity contribution in [2.75, 3.05) is 6.54 Å². The molecule has 0 bridgehead atoms. The van der Waals surface area contributed by atoms with Gasteiger partial charge in [-0.05, 0) is 38.6 Å². The lowest BCUT2D eigenvalue weighted by atomic mass is 9.93. The van der Waals surface area contributed by atoms with E-state index in [0.29, 0.717) is 0 Å². The number of nitrogens with zero attached hydrogens (tertiary/aromatic N) is 1. The lowest BCUT2D eigenvalue weighted by Crippen LogP contribution is -2.35. The van der Waals surface area contributed by atoms with Crippen LogP contribution in [0.15, 0.2) is 11.6 Å². The molecule has 0 radical (unpaired) electrons. The van der Waals surface area contributed by atoms with Crippen LogP contribution >= 0.6 is 11.3 Å². The molecule has 0 atom stereocenters. The van der Waals surface area contributed by atoms with Gasteiger partial charge in [-0.15, -0.1) is 11.3 Å². The topological polar surface area (TPSA) is 24.9 Å². The minimum absolute atomic E-state index is 0.842. The first-order valence-corrected chi connectivity index (χ1v) is 6.45. The molecule has 0 amide bonds. The molecule has 78 valence electrons. The maximum Gasteiger partial charge on any atom is 0.0924 e. The third kappa shape index (κ3) is 3.07. The highest BCUT2D eigenvalue weighted by Crippen LogP contribution is 2.17. The fourth-order valence-corrected chi connectivity index (χ4v) is 2.36. The van der Waals surface area contributed by atoms with E-state index in [0.717, 1.165) is 12.5 Å². The summed E-state index contributed by atoms with van der Waals surface area (Å²) in [5.41, 5.74) is 0. The van der Waals surface area contributed by atoms with Gasteiger partial charge < -0.3 is 5.32 Å². The van der Waals surface area contributed by atoms with Crippen LogP contribution in [0.5, 0.6) is 0 Å². The van der Waals surface area contributed by atoms with E-state index >= 15 is 0 Å². The maximum absolute atomic E-state index is 4.27. The number of rotatable bonds is 6. The van der Waals surface area contributed by atoms with Gasteiger partial charge in [0.25, 0.3) is 0 Å². The molecular formula is C11H18N2S. The van der Waals surface area contributed by atoms with Crippen molar-refractivity contribution >= 4 is 11.3 Å². The van der Waals surface area contributed by atoms with Crippen molar-refractivity contribution in [1.82, 2.24) is 10.3 Å². The first-order chi connectivity index (χ1) is 6.95. The van der Waals surface area contributed by atoms with Gasteiger partial charge in [0.1, 0.15) is 0 Å². The molecule has 0 spiro atoms. The van der Waals surface area contributed by atoms with Gasteiger partial charge in [0.2, 0.25) is 0 Å². The van der Waals surface area contributed by atoms with Crippen LogP contribution in [0, 0.1) is 0 Å². The minimum atomic E-state index is 0.842. The van der Waals surface area contributed by atoms with Crippen molar-refractivity contribution < 1.29 is 0 Å². The van der Waals surface area contributed by atoms with Gasteiger partial charge in [-0.1, -0.05) is 6.42 Å². The molecule has 2 rings (SSSR count). The quantitative estimate of drug-likeness (QED) is 0.730. The number of hydrogen-bond donors (Lipinski definition) is 1. The first kappa shape index (κ1) is 10.1. The number of aryl methyl sites for hydroxylation is 1. The Morgan fingerprint density at radius 3 is 3.00 bits per heavy atom. The zero-order valence-corrected chi connectivity index (χ0v) is 9.35. The second-order valence-corrected chi connectivity index (χ2v) is 4.94. The highest BCUT2D eigenvalue weighted by Gasteiger charge is 2.15. The van der Waals surface area contributed by atoms with Gasteiger partial charge in [-0.2, -0.15) is 0 Å². The summed E-state index contributed by atoms with van der Waals surface area (Å²) in [7, 11) is 0. The van der Waals surface area contributed by atoms with Crippen LogP contribution in [0.25, 0.3) is 0 Å². The molecule has 1 N–H and O–H groups in total. The summed E-state index contributed by atoms with van der Waals surface area (Å²) >= 11 is 1.77. The van der Waals surface area contributed by atoms with Crippen molar-refractivity contribution in [3.05, 3.63) is 16.6 Å². The molecule has 1 aliphatic carbocycles. The van der Waals surface area contributed by atoms with Crippen LogP contribution in [-0.4, -0.2) is 17.6 Å². The minimum Gasteiger partial charge on any atom is -0.314 e. The van der Waals surface area contributed by atoms with Crippen LogP contribution in [0.4, 0.5) is 0 Å². The molecule has 0 aromatic carbocycles. The summed E-state index contributed by atoms with van der Waals surface area (Å²) in [5.74, 6) is 0. The van der Waals surface area contributed by atoms with E-state index in [1.165, 1.54) is 43.7 Å².